The monoisotopic (exact) mass is 366 g/mol. The van der Waals surface area contributed by atoms with Gasteiger partial charge in [0.1, 0.15) is 5.70 Å². The Labute approximate surface area is 152 Å². The highest BCUT2D eigenvalue weighted by Gasteiger charge is 2.21. The Kier molecular flexibility index (Phi) is 6.70. The maximum Gasteiger partial charge on any atom is 0.354 e. The molecule has 0 radical (unpaired) electrons. The largest absolute Gasteiger partial charge is 0.466 e. The van der Waals surface area contributed by atoms with E-state index in [1.54, 1.807) is 6.07 Å². The minimum absolute atomic E-state index is 0.0236. The molecule has 1 fully saturated rings. The number of anilines is 2. The van der Waals surface area contributed by atoms with Gasteiger partial charge in [0, 0.05) is 18.3 Å². The highest BCUT2D eigenvalue weighted by Crippen LogP contribution is 2.33. The average molecular weight is 367 g/mol. The number of nitrogens with one attached hydrogen (secondary N) is 1. The number of piperidine rings is 1. The molecule has 1 atom stereocenters. The summed E-state index contributed by atoms with van der Waals surface area (Å²) in [6, 6.07) is 5.90. The molecule has 1 aromatic carbocycles. The summed E-state index contributed by atoms with van der Waals surface area (Å²) in [6.07, 6.45) is 4.57. The van der Waals surface area contributed by atoms with Gasteiger partial charge in [-0.1, -0.05) is 11.6 Å². The fraction of sp³-hybridized carbons (Fsp3) is 0.444. The number of halogens is 1. The van der Waals surface area contributed by atoms with Crippen LogP contribution in [0.15, 0.2) is 30.0 Å². The number of benzene rings is 1. The summed E-state index contributed by atoms with van der Waals surface area (Å²) in [5.41, 5.74) is 1.53. The predicted octanol–water partition coefficient (Wildman–Crippen LogP) is 3.36. The number of ether oxygens (including phenoxy) is 2. The Bertz CT molecular complexity index is 675. The summed E-state index contributed by atoms with van der Waals surface area (Å²) in [5.74, 6) is -1.33. The summed E-state index contributed by atoms with van der Waals surface area (Å²) < 4.78 is 9.23. The van der Waals surface area contributed by atoms with Crippen molar-refractivity contribution in [3.05, 3.63) is 35.0 Å². The van der Waals surface area contributed by atoms with Gasteiger partial charge in [-0.2, -0.15) is 0 Å². The van der Waals surface area contributed by atoms with Crippen LogP contribution >= 0.6 is 11.6 Å². The highest BCUT2D eigenvalue weighted by molar-refractivity contribution is 6.33. The topological polar surface area (TPSA) is 67.9 Å². The lowest BCUT2D eigenvalue weighted by Gasteiger charge is -2.36. The Morgan fingerprint density at radius 2 is 2.04 bits per heavy atom. The van der Waals surface area contributed by atoms with Crippen LogP contribution in [0.4, 0.5) is 11.4 Å². The lowest BCUT2D eigenvalue weighted by atomic mass is 10.0. The smallest absolute Gasteiger partial charge is 0.354 e. The van der Waals surface area contributed by atoms with Crippen molar-refractivity contribution >= 4 is 34.9 Å². The normalized spacial score (nSPS) is 17.8. The van der Waals surface area contributed by atoms with E-state index in [4.69, 9.17) is 11.6 Å². The molecule has 1 aromatic rings. The van der Waals surface area contributed by atoms with E-state index < -0.39 is 11.9 Å². The molecule has 1 aliphatic rings. The van der Waals surface area contributed by atoms with Crippen molar-refractivity contribution in [2.45, 2.75) is 32.2 Å². The van der Waals surface area contributed by atoms with Gasteiger partial charge in [-0.05, 0) is 44.4 Å². The Morgan fingerprint density at radius 3 is 2.64 bits per heavy atom. The van der Waals surface area contributed by atoms with Gasteiger partial charge in [-0.25, -0.2) is 9.59 Å². The van der Waals surface area contributed by atoms with Gasteiger partial charge < -0.3 is 19.7 Å². The minimum atomic E-state index is -0.671. The molecular formula is C18H23ClN2O4. The Balaban J connectivity index is 2.22. The third-order valence-corrected chi connectivity index (χ3v) is 4.51. The summed E-state index contributed by atoms with van der Waals surface area (Å²) in [4.78, 5) is 25.5. The van der Waals surface area contributed by atoms with E-state index in [0.717, 1.165) is 31.1 Å². The second-order valence-electron chi connectivity index (χ2n) is 5.90. The molecule has 1 heterocycles. The maximum atomic E-state index is 11.8. The van der Waals surface area contributed by atoms with Gasteiger partial charge in [0.15, 0.2) is 0 Å². The minimum Gasteiger partial charge on any atom is -0.466 e. The summed E-state index contributed by atoms with van der Waals surface area (Å²) >= 11 is 6.45. The van der Waals surface area contributed by atoms with E-state index in [1.165, 1.54) is 20.6 Å². The van der Waals surface area contributed by atoms with Crippen LogP contribution in [0.1, 0.15) is 26.2 Å². The second kappa shape index (κ2) is 8.76. The fourth-order valence-electron chi connectivity index (χ4n) is 2.86. The van der Waals surface area contributed by atoms with Crippen LogP contribution in [0.2, 0.25) is 5.02 Å². The zero-order chi connectivity index (χ0) is 18.4. The van der Waals surface area contributed by atoms with Crippen molar-refractivity contribution in [1.29, 1.82) is 0 Å². The van der Waals surface area contributed by atoms with Gasteiger partial charge in [0.25, 0.3) is 0 Å². The molecule has 0 aliphatic carbocycles. The fourth-order valence-corrected chi connectivity index (χ4v) is 3.15. The second-order valence-corrected chi connectivity index (χ2v) is 6.31. The third kappa shape index (κ3) is 4.89. The van der Waals surface area contributed by atoms with Gasteiger partial charge in [0.2, 0.25) is 0 Å². The highest BCUT2D eigenvalue weighted by atomic mass is 35.5. The van der Waals surface area contributed by atoms with E-state index >= 15 is 0 Å². The lowest BCUT2D eigenvalue weighted by Crippen LogP contribution is -2.37. The van der Waals surface area contributed by atoms with Crippen molar-refractivity contribution in [2.24, 2.45) is 0 Å². The van der Waals surface area contributed by atoms with Crippen molar-refractivity contribution in [2.75, 3.05) is 31.0 Å². The van der Waals surface area contributed by atoms with Crippen LogP contribution in [0, 0.1) is 0 Å². The standard InChI is InChI=1S/C18H23ClN2O4/c1-12-6-4-5-9-21(12)16-8-7-13(10-14(16)19)20-15(18(23)25-3)11-17(22)24-2/h7-8,10-12,20H,4-6,9H2,1-3H3/b15-11+. The number of methoxy groups -OCH3 is 2. The van der Waals surface area contributed by atoms with E-state index in [0.29, 0.717) is 16.8 Å². The zero-order valence-electron chi connectivity index (χ0n) is 14.7. The first-order chi connectivity index (χ1) is 12.0. The van der Waals surface area contributed by atoms with Crippen LogP contribution in [-0.4, -0.2) is 38.7 Å². The molecule has 6 nitrogen and oxygen atoms in total. The van der Waals surface area contributed by atoms with Crippen LogP contribution < -0.4 is 10.2 Å². The van der Waals surface area contributed by atoms with Gasteiger partial charge in [-0.3, -0.25) is 0 Å². The molecule has 136 valence electrons. The average Bonchev–Trinajstić information content (AvgIpc) is 2.61. The SMILES string of the molecule is COC(=O)/C=C(/Nc1ccc(N2CCCCC2C)c(Cl)c1)C(=O)OC. The zero-order valence-corrected chi connectivity index (χ0v) is 15.4. The summed E-state index contributed by atoms with van der Waals surface area (Å²) in [5, 5.41) is 3.44. The molecule has 2 rings (SSSR count). The van der Waals surface area contributed by atoms with Gasteiger partial charge in [0.05, 0.1) is 31.0 Å². The summed E-state index contributed by atoms with van der Waals surface area (Å²) in [7, 11) is 2.47. The lowest BCUT2D eigenvalue weighted by molar-refractivity contribution is -0.138. The molecule has 0 amide bonds. The number of esters is 2. The molecule has 7 heteroatoms. The van der Waals surface area contributed by atoms with Crippen LogP contribution in [-0.2, 0) is 19.1 Å². The first-order valence-corrected chi connectivity index (χ1v) is 8.55. The molecule has 0 spiro atoms. The van der Waals surface area contributed by atoms with Gasteiger partial charge in [-0.15, -0.1) is 0 Å². The van der Waals surface area contributed by atoms with Crippen molar-refractivity contribution in [1.82, 2.24) is 0 Å². The molecule has 1 saturated heterocycles. The number of nitrogens with zero attached hydrogens (tertiary/aromatic N) is 1. The van der Waals surface area contributed by atoms with E-state index in [9.17, 15) is 9.59 Å². The molecular weight excluding hydrogens is 344 g/mol. The number of carbonyl (C=O) groups excluding carboxylic acids is 2. The van der Waals surface area contributed by atoms with Crippen molar-refractivity contribution < 1.29 is 19.1 Å². The molecule has 25 heavy (non-hydrogen) atoms. The molecule has 1 aliphatic heterocycles. The number of hydrogen-bond acceptors (Lipinski definition) is 6. The van der Waals surface area contributed by atoms with Gasteiger partial charge >= 0.3 is 11.9 Å². The first kappa shape index (κ1) is 19.1. The Morgan fingerprint density at radius 1 is 1.28 bits per heavy atom. The van der Waals surface area contributed by atoms with E-state index in [1.807, 2.05) is 12.1 Å². The Hall–Kier alpha value is -2.21. The molecule has 0 bridgehead atoms. The van der Waals surface area contributed by atoms with Crippen molar-refractivity contribution in [3.8, 4) is 0 Å². The maximum absolute atomic E-state index is 11.8. The van der Waals surface area contributed by atoms with Crippen LogP contribution in [0.25, 0.3) is 0 Å². The van der Waals surface area contributed by atoms with Crippen LogP contribution in [0.5, 0.6) is 0 Å². The summed E-state index contributed by atoms with van der Waals surface area (Å²) in [6.45, 7) is 3.17. The van der Waals surface area contributed by atoms with E-state index in [2.05, 4.69) is 26.6 Å². The van der Waals surface area contributed by atoms with Crippen molar-refractivity contribution in [3.63, 3.8) is 0 Å². The number of rotatable bonds is 5. The molecule has 1 unspecified atom stereocenters. The molecule has 1 N–H and O–H groups in total. The van der Waals surface area contributed by atoms with Crippen LogP contribution in [0.3, 0.4) is 0 Å². The molecule has 0 aromatic heterocycles. The number of hydrogen-bond donors (Lipinski definition) is 1. The quantitative estimate of drug-likeness (QED) is 0.636. The number of carbonyl (C=O) groups is 2. The third-order valence-electron chi connectivity index (χ3n) is 4.21. The first-order valence-electron chi connectivity index (χ1n) is 8.17. The van der Waals surface area contributed by atoms with E-state index in [-0.39, 0.29) is 5.70 Å². The molecule has 0 saturated carbocycles. The predicted molar refractivity (Wildman–Crippen MR) is 97.8 cm³/mol.